The van der Waals surface area contributed by atoms with Crippen LogP contribution in [0.15, 0.2) is 36.5 Å². The van der Waals surface area contributed by atoms with Gasteiger partial charge in [-0.2, -0.15) is 0 Å². The maximum absolute atomic E-state index is 10.6. The number of unbranched alkanes of at least 4 members (excludes halogenated alkanes) is 2. The normalized spacial score (nSPS) is 24.0. The third kappa shape index (κ3) is 9.83. The molecule has 0 aromatic heterocycles. The van der Waals surface area contributed by atoms with E-state index in [0.717, 1.165) is 37.7 Å². The van der Waals surface area contributed by atoms with E-state index in [9.17, 15) is 15.0 Å². The summed E-state index contributed by atoms with van der Waals surface area (Å²) in [5.41, 5.74) is 0.874. The summed E-state index contributed by atoms with van der Waals surface area (Å²) in [5, 5.41) is 29.6. The minimum atomic E-state index is -0.763. The van der Waals surface area contributed by atoms with Crippen LogP contribution in [-0.4, -0.2) is 84.9 Å². The van der Waals surface area contributed by atoms with Gasteiger partial charge >= 0.3 is 57.4 Å². The molecule has 5 heteroatoms. The van der Waals surface area contributed by atoms with E-state index in [4.69, 9.17) is 5.11 Å². The Hall–Kier alpha value is 0.246. The molecule has 0 aromatic rings. The Balaban J connectivity index is 0.00000729. The molecule has 4 atom stereocenters. The number of aliphatic carboxylic acids is 1. The zero-order valence-electron chi connectivity index (χ0n) is 17.2. The third-order valence-corrected chi connectivity index (χ3v) is 5.71. The molecule has 0 aromatic carbocycles. The van der Waals surface area contributed by atoms with Crippen molar-refractivity contribution in [3.8, 4) is 0 Å². The van der Waals surface area contributed by atoms with Crippen LogP contribution in [0.3, 0.4) is 0 Å². The van der Waals surface area contributed by atoms with E-state index in [1.54, 1.807) is 0 Å². The fourth-order valence-electron chi connectivity index (χ4n) is 3.69. The van der Waals surface area contributed by atoms with Gasteiger partial charge in [-0.15, -0.1) is 0 Å². The Kier molecular flexibility index (Phi) is 14.4. The number of carboxylic acid groups (broad SMARTS) is 1. The predicted octanol–water partition coefficient (Wildman–Crippen LogP) is 4.23. The number of rotatable bonds is 12. The number of aliphatic hydroxyl groups is 2. The number of carboxylic acids is 1. The fourth-order valence-corrected chi connectivity index (χ4v) is 3.69. The molecule has 0 aliphatic heterocycles. The first-order valence-electron chi connectivity index (χ1n) is 10.3. The molecule has 1 aliphatic rings. The first kappa shape index (κ1) is 28.2. The van der Waals surface area contributed by atoms with E-state index in [1.807, 2.05) is 18.2 Å². The van der Waals surface area contributed by atoms with Crippen molar-refractivity contribution in [3.05, 3.63) is 36.5 Å². The number of hydrogen-bond donors (Lipinski definition) is 3. The number of aliphatic hydroxyl groups excluding tert-OH is 2. The molecule has 1 saturated carbocycles. The van der Waals surface area contributed by atoms with Gasteiger partial charge in [-0.3, -0.25) is 4.79 Å². The molecule has 0 heterocycles. The van der Waals surface area contributed by atoms with Crippen LogP contribution in [0.2, 0.25) is 0 Å². The topological polar surface area (TPSA) is 77.8 Å². The van der Waals surface area contributed by atoms with Crippen molar-refractivity contribution >= 4 is 57.4 Å². The molecule has 3 N–H and O–H groups in total. The third-order valence-electron chi connectivity index (χ3n) is 5.71. The van der Waals surface area contributed by atoms with Crippen molar-refractivity contribution in [2.24, 2.45) is 17.3 Å². The van der Waals surface area contributed by atoms with Gasteiger partial charge in [0, 0.05) is 12.3 Å². The molecule has 0 saturated heterocycles. The van der Waals surface area contributed by atoms with Gasteiger partial charge in [0.15, 0.2) is 0 Å². The first-order chi connectivity index (χ1) is 12.7. The molecule has 0 amide bonds. The van der Waals surface area contributed by atoms with Crippen molar-refractivity contribution in [3.63, 3.8) is 0 Å². The van der Waals surface area contributed by atoms with E-state index in [2.05, 4.69) is 33.4 Å². The SMILES string of the molecule is C=C1C[C@@H](O)[C@H](/C=C/[C@@H](O)C(C)(C)CCCC)[C@H]1C/C=C\CCCC(=O)O.[KH]. The van der Waals surface area contributed by atoms with Gasteiger partial charge in [0.2, 0.25) is 0 Å². The summed E-state index contributed by atoms with van der Waals surface area (Å²) in [5.74, 6) is -0.628. The molecule has 0 spiro atoms. The second-order valence-electron chi connectivity index (χ2n) is 8.53. The van der Waals surface area contributed by atoms with Gasteiger partial charge in [-0.1, -0.05) is 70.1 Å². The van der Waals surface area contributed by atoms with Crippen LogP contribution in [0.25, 0.3) is 0 Å². The number of hydrogen-bond acceptors (Lipinski definition) is 3. The van der Waals surface area contributed by atoms with Crippen LogP contribution in [-0.2, 0) is 4.79 Å². The van der Waals surface area contributed by atoms with Gasteiger partial charge < -0.3 is 15.3 Å². The summed E-state index contributed by atoms with van der Waals surface area (Å²) in [4.78, 5) is 10.5. The van der Waals surface area contributed by atoms with Crippen molar-refractivity contribution in [2.75, 3.05) is 0 Å². The van der Waals surface area contributed by atoms with Gasteiger partial charge in [-0.05, 0) is 43.4 Å². The molecule has 1 rings (SSSR count). The number of allylic oxidation sites excluding steroid dienone is 2. The second-order valence-corrected chi connectivity index (χ2v) is 8.53. The Morgan fingerprint density at radius 2 is 2.00 bits per heavy atom. The molecule has 0 radical (unpaired) electrons. The molecular formula is C23H39KO4. The molecule has 28 heavy (non-hydrogen) atoms. The minimum absolute atomic E-state index is 0. The van der Waals surface area contributed by atoms with E-state index < -0.39 is 18.2 Å². The quantitative estimate of drug-likeness (QED) is 0.252. The van der Waals surface area contributed by atoms with Crippen LogP contribution in [0.5, 0.6) is 0 Å². The first-order valence-corrected chi connectivity index (χ1v) is 10.3. The maximum atomic E-state index is 10.6. The van der Waals surface area contributed by atoms with Gasteiger partial charge in [-0.25, -0.2) is 0 Å². The van der Waals surface area contributed by atoms with E-state index in [1.165, 1.54) is 0 Å². The van der Waals surface area contributed by atoms with E-state index >= 15 is 0 Å². The summed E-state index contributed by atoms with van der Waals surface area (Å²) in [6.07, 6.45) is 13.1. The number of carbonyl (C=O) groups is 1. The molecular weight excluding hydrogens is 379 g/mol. The Bertz CT molecular complexity index is 539. The standard InChI is InChI=1S/C23H38O4.K.H/c1-5-6-15-23(3,4)21(25)14-13-19-18(17(2)16-20(19)24)11-9-7-8-10-12-22(26)27;;/h7,9,13-14,18-21,24-25H,2,5-6,8,10-12,15-16H2,1,3-4H3,(H,26,27);;/b9-7-,14-13+;;/t18-,19+,20+,21+;;/m0../s1. The fraction of sp³-hybridized carbons (Fsp3) is 0.696. The van der Waals surface area contributed by atoms with Crippen molar-refractivity contribution in [2.45, 2.75) is 84.3 Å². The van der Waals surface area contributed by atoms with Gasteiger partial charge in [0.25, 0.3) is 0 Å². The average Bonchev–Trinajstić information content (AvgIpc) is 2.86. The summed E-state index contributed by atoms with van der Waals surface area (Å²) < 4.78 is 0. The Morgan fingerprint density at radius 1 is 1.32 bits per heavy atom. The van der Waals surface area contributed by atoms with Crippen LogP contribution in [0.4, 0.5) is 0 Å². The summed E-state index contributed by atoms with van der Waals surface area (Å²) in [6.45, 7) is 10.4. The molecule has 4 nitrogen and oxygen atoms in total. The van der Waals surface area contributed by atoms with Crippen LogP contribution < -0.4 is 0 Å². The predicted molar refractivity (Wildman–Crippen MR) is 118 cm³/mol. The summed E-state index contributed by atoms with van der Waals surface area (Å²) in [7, 11) is 0. The zero-order valence-corrected chi connectivity index (χ0v) is 17.2. The monoisotopic (exact) mass is 418 g/mol. The molecule has 1 aliphatic carbocycles. The average molecular weight is 419 g/mol. The molecule has 0 unspecified atom stereocenters. The van der Waals surface area contributed by atoms with Crippen LogP contribution in [0.1, 0.15) is 72.1 Å². The molecule has 0 bridgehead atoms. The van der Waals surface area contributed by atoms with Gasteiger partial charge in [0.1, 0.15) is 0 Å². The zero-order chi connectivity index (χ0) is 20.4. The Morgan fingerprint density at radius 3 is 2.61 bits per heavy atom. The van der Waals surface area contributed by atoms with Crippen molar-refractivity contribution < 1.29 is 20.1 Å². The summed E-state index contributed by atoms with van der Waals surface area (Å²) >= 11 is 0. The second kappa shape index (κ2) is 14.3. The summed E-state index contributed by atoms with van der Waals surface area (Å²) in [6, 6.07) is 0. The van der Waals surface area contributed by atoms with Crippen molar-refractivity contribution in [1.82, 2.24) is 0 Å². The molecule has 1 fully saturated rings. The van der Waals surface area contributed by atoms with Crippen LogP contribution >= 0.6 is 0 Å². The van der Waals surface area contributed by atoms with E-state index in [-0.39, 0.29) is 75.1 Å². The van der Waals surface area contributed by atoms with Crippen molar-refractivity contribution in [1.29, 1.82) is 0 Å². The Labute approximate surface area is 213 Å². The van der Waals surface area contributed by atoms with Crippen LogP contribution in [0, 0.1) is 17.3 Å². The van der Waals surface area contributed by atoms with Gasteiger partial charge in [0.05, 0.1) is 12.2 Å². The molecule has 156 valence electrons. The van der Waals surface area contributed by atoms with E-state index in [0.29, 0.717) is 12.8 Å².